The predicted octanol–water partition coefficient (Wildman–Crippen LogP) is 2.00. The number of carbonyl (C=O) groups excluding carboxylic acids is 4. The van der Waals surface area contributed by atoms with Gasteiger partial charge in [0.1, 0.15) is 0 Å². The Kier molecular flexibility index (Phi) is 5.84. The molecule has 28 heavy (non-hydrogen) atoms. The van der Waals surface area contributed by atoms with Crippen LogP contribution in [0.4, 0.5) is 11.4 Å². The Morgan fingerprint density at radius 1 is 1.07 bits per heavy atom. The van der Waals surface area contributed by atoms with E-state index in [4.69, 9.17) is 0 Å². The molecule has 1 fully saturated rings. The second kappa shape index (κ2) is 8.47. The van der Waals surface area contributed by atoms with E-state index in [9.17, 15) is 19.2 Å². The zero-order valence-electron chi connectivity index (χ0n) is 15.5. The van der Waals surface area contributed by atoms with Gasteiger partial charge in [0.15, 0.2) is 5.78 Å². The van der Waals surface area contributed by atoms with Gasteiger partial charge in [-0.3, -0.25) is 19.2 Å². The first-order chi connectivity index (χ1) is 13.4. The summed E-state index contributed by atoms with van der Waals surface area (Å²) in [5.74, 6) is -1.45. The summed E-state index contributed by atoms with van der Waals surface area (Å²) in [6.07, 6.45) is 0.114. The third-order valence-electron chi connectivity index (χ3n) is 4.54. The molecule has 2 aromatic rings. The molecule has 0 radical (unpaired) electrons. The second-order valence-corrected chi connectivity index (χ2v) is 6.64. The Bertz CT molecular complexity index is 911. The van der Waals surface area contributed by atoms with Crippen molar-refractivity contribution in [2.24, 2.45) is 5.92 Å². The average Bonchev–Trinajstić information content (AvgIpc) is 3.09. The van der Waals surface area contributed by atoms with E-state index in [0.29, 0.717) is 11.3 Å². The Labute approximate surface area is 162 Å². The molecule has 3 amide bonds. The number of nitrogens with zero attached hydrogens (tertiary/aromatic N) is 1. The molecule has 0 unspecified atom stereocenters. The van der Waals surface area contributed by atoms with Crippen LogP contribution in [0.2, 0.25) is 0 Å². The zero-order valence-corrected chi connectivity index (χ0v) is 15.5. The van der Waals surface area contributed by atoms with Crippen LogP contribution in [-0.2, 0) is 14.4 Å². The summed E-state index contributed by atoms with van der Waals surface area (Å²) in [5.41, 5.74) is 1.73. The van der Waals surface area contributed by atoms with Gasteiger partial charge >= 0.3 is 0 Å². The third-order valence-corrected chi connectivity index (χ3v) is 4.54. The predicted molar refractivity (Wildman–Crippen MR) is 105 cm³/mol. The molecule has 7 nitrogen and oxygen atoms in total. The molecule has 0 spiro atoms. The minimum absolute atomic E-state index is 0.0988. The molecule has 1 atom stereocenters. The summed E-state index contributed by atoms with van der Waals surface area (Å²) in [4.78, 5) is 49.6. The van der Waals surface area contributed by atoms with Gasteiger partial charge in [0.25, 0.3) is 0 Å². The van der Waals surface area contributed by atoms with Crippen molar-refractivity contribution in [3.05, 3.63) is 60.2 Å². The molecular formula is C21H21N3O4. The Hall–Kier alpha value is -3.48. The highest BCUT2D eigenvalue weighted by Crippen LogP contribution is 2.24. The molecule has 1 aliphatic rings. The standard InChI is InChI=1S/C21H21N3O4/c1-14(25)15-6-5-7-17(10-15)23-19(26)12-22-21(28)16-11-20(27)24(13-16)18-8-3-2-4-9-18/h2-10,16H,11-13H2,1H3,(H,22,28)(H,23,26)/t16-/m0/s1. The molecule has 2 N–H and O–H groups in total. The normalized spacial score (nSPS) is 16.0. The highest BCUT2D eigenvalue weighted by Gasteiger charge is 2.35. The minimum atomic E-state index is -0.499. The number of anilines is 2. The Morgan fingerprint density at radius 2 is 1.82 bits per heavy atom. The number of rotatable bonds is 6. The van der Waals surface area contributed by atoms with Crippen molar-refractivity contribution < 1.29 is 19.2 Å². The number of carbonyl (C=O) groups is 4. The molecule has 0 aliphatic carbocycles. The van der Waals surface area contributed by atoms with Gasteiger partial charge in [0.05, 0.1) is 12.5 Å². The third kappa shape index (κ3) is 4.62. The smallest absolute Gasteiger partial charge is 0.243 e. The van der Waals surface area contributed by atoms with Crippen molar-refractivity contribution in [1.29, 1.82) is 0 Å². The van der Waals surface area contributed by atoms with E-state index in [1.807, 2.05) is 30.3 Å². The fourth-order valence-corrected chi connectivity index (χ4v) is 3.07. The highest BCUT2D eigenvalue weighted by molar-refractivity contribution is 6.02. The maximum atomic E-state index is 12.4. The summed E-state index contributed by atoms with van der Waals surface area (Å²) in [5, 5.41) is 5.22. The Morgan fingerprint density at radius 3 is 2.54 bits per heavy atom. The van der Waals surface area contributed by atoms with Gasteiger partial charge in [-0.1, -0.05) is 30.3 Å². The quantitative estimate of drug-likeness (QED) is 0.751. The first-order valence-electron chi connectivity index (χ1n) is 8.98. The largest absolute Gasteiger partial charge is 0.347 e. The first kappa shape index (κ1) is 19.3. The molecule has 1 aliphatic heterocycles. The number of Topliss-reactive ketones (excluding diaryl/α,β-unsaturated/α-hetero) is 1. The van der Waals surface area contributed by atoms with Gasteiger partial charge in [-0.15, -0.1) is 0 Å². The molecule has 144 valence electrons. The van der Waals surface area contributed by atoms with Crippen LogP contribution in [0, 0.1) is 5.92 Å². The van der Waals surface area contributed by atoms with Crippen molar-refractivity contribution in [3.8, 4) is 0 Å². The van der Waals surface area contributed by atoms with E-state index < -0.39 is 11.8 Å². The molecule has 0 bridgehead atoms. The van der Waals surface area contributed by atoms with E-state index >= 15 is 0 Å². The summed E-state index contributed by atoms with van der Waals surface area (Å²) in [6.45, 7) is 1.53. The van der Waals surface area contributed by atoms with Crippen LogP contribution in [0.25, 0.3) is 0 Å². The fourth-order valence-electron chi connectivity index (χ4n) is 3.07. The van der Waals surface area contributed by atoms with Gasteiger partial charge in [-0.25, -0.2) is 0 Å². The van der Waals surface area contributed by atoms with Crippen LogP contribution in [-0.4, -0.2) is 36.6 Å². The maximum Gasteiger partial charge on any atom is 0.243 e. The number of amides is 3. The van der Waals surface area contributed by atoms with Crippen molar-refractivity contribution in [3.63, 3.8) is 0 Å². The summed E-state index contributed by atoms with van der Waals surface area (Å²) in [7, 11) is 0. The van der Waals surface area contributed by atoms with Crippen molar-refractivity contribution >= 4 is 34.9 Å². The monoisotopic (exact) mass is 379 g/mol. The number of hydrogen-bond donors (Lipinski definition) is 2. The van der Waals surface area contributed by atoms with Crippen molar-refractivity contribution in [2.45, 2.75) is 13.3 Å². The topological polar surface area (TPSA) is 95.6 Å². The van der Waals surface area contributed by atoms with Crippen molar-refractivity contribution in [2.75, 3.05) is 23.3 Å². The second-order valence-electron chi connectivity index (χ2n) is 6.64. The van der Waals surface area contributed by atoms with Gasteiger partial charge in [0.2, 0.25) is 17.7 Å². The van der Waals surface area contributed by atoms with Crippen LogP contribution in [0.5, 0.6) is 0 Å². The van der Waals surface area contributed by atoms with Gasteiger partial charge in [-0.2, -0.15) is 0 Å². The molecule has 0 aromatic heterocycles. The van der Waals surface area contributed by atoms with Gasteiger partial charge in [-0.05, 0) is 31.2 Å². The lowest BCUT2D eigenvalue weighted by Gasteiger charge is -2.16. The minimum Gasteiger partial charge on any atom is -0.347 e. The van der Waals surface area contributed by atoms with E-state index in [1.54, 1.807) is 29.2 Å². The van der Waals surface area contributed by atoms with E-state index in [0.717, 1.165) is 5.69 Å². The molecule has 7 heteroatoms. The lowest BCUT2D eigenvalue weighted by Crippen LogP contribution is -2.37. The Balaban J connectivity index is 1.51. The zero-order chi connectivity index (χ0) is 20.1. The van der Waals surface area contributed by atoms with E-state index in [-0.39, 0.29) is 37.1 Å². The molecule has 0 saturated carbocycles. The summed E-state index contributed by atoms with van der Waals surface area (Å²) in [6, 6.07) is 15.8. The van der Waals surface area contributed by atoms with E-state index in [2.05, 4.69) is 10.6 Å². The molecule has 2 aromatic carbocycles. The van der Waals surface area contributed by atoms with Crippen LogP contribution in [0.3, 0.4) is 0 Å². The molecule has 1 saturated heterocycles. The highest BCUT2D eigenvalue weighted by atomic mass is 16.2. The summed E-state index contributed by atoms with van der Waals surface area (Å²) < 4.78 is 0. The number of ketones is 1. The summed E-state index contributed by atoms with van der Waals surface area (Å²) >= 11 is 0. The van der Waals surface area contributed by atoms with Gasteiger partial charge in [0, 0.05) is 29.9 Å². The maximum absolute atomic E-state index is 12.4. The van der Waals surface area contributed by atoms with Crippen LogP contribution >= 0.6 is 0 Å². The van der Waals surface area contributed by atoms with Crippen molar-refractivity contribution in [1.82, 2.24) is 5.32 Å². The number of para-hydroxylation sites is 1. The van der Waals surface area contributed by atoms with Crippen LogP contribution < -0.4 is 15.5 Å². The average molecular weight is 379 g/mol. The molecular weight excluding hydrogens is 358 g/mol. The van der Waals surface area contributed by atoms with E-state index in [1.165, 1.54) is 6.92 Å². The molecule has 1 heterocycles. The lowest BCUT2D eigenvalue weighted by molar-refractivity contribution is -0.127. The molecule has 3 rings (SSSR count). The first-order valence-corrected chi connectivity index (χ1v) is 8.98. The lowest BCUT2D eigenvalue weighted by atomic mass is 10.1. The SMILES string of the molecule is CC(=O)c1cccc(NC(=O)CNC(=O)[C@H]2CC(=O)N(c3ccccc3)C2)c1. The fraction of sp³-hybridized carbons (Fsp3) is 0.238. The number of nitrogens with one attached hydrogen (secondary N) is 2. The van der Waals surface area contributed by atoms with Crippen LogP contribution in [0.15, 0.2) is 54.6 Å². The van der Waals surface area contributed by atoms with Crippen LogP contribution in [0.1, 0.15) is 23.7 Å². The number of hydrogen-bond acceptors (Lipinski definition) is 4. The number of benzene rings is 2. The van der Waals surface area contributed by atoms with Gasteiger partial charge < -0.3 is 15.5 Å².